The van der Waals surface area contributed by atoms with Crippen LogP contribution in [0, 0.1) is 0 Å². The summed E-state index contributed by atoms with van der Waals surface area (Å²) in [5, 5.41) is 1.33. The molecule has 0 aromatic heterocycles. The minimum absolute atomic E-state index is 0.500. The first-order valence-corrected chi connectivity index (χ1v) is 4.70. The van der Waals surface area contributed by atoms with E-state index in [-0.39, 0.29) is 0 Å². The van der Waals surface area contributed by atoms with Gasteiger partial charge in [0.2, 0.25) is 0 Å². The molecule has 0 aliphatic carbocycles. The van der Waals surface area contributed by atoms with E-state index in [1.807, 2.05) is 0 Å². The quantitative estimate of drug-likeness (QED) is 0.705. The Bertz CT molecular complexity index is 110. The van der Waals surface area contributed by atoms with Gasteiger partial charge in [0.25, 0.3) is 5.79 Å². The number of ether oxygens (including phenoxy) is 2. The molecule has 0 unspecified atom stereocenters. The summed E-state index contributed by atoms with van der Waals surface area (Å²) in [6, 6.07) is 0. The Morgan fingerprint density at radius 2 is 1.56 bits per heavy atom. The largest absolute Gasteiger partial charge is 0.455 e. The Morgan fingerprint density at radius 3 is 1.78 bits per heavy atom. The molecule has 0 amide bonds. The first-order chi connectivity index (χ1) is 4.33. The molecular formula is C5H6Br2O2. The maximum Gasteiger partial charge on any atom is 0.269 e. The summed E-state index contributed by atoms with van der Waals surface area (Å²) in [6.07, 6.45) is 3.09. The van der Waals surface area contributed by atoms with Crippen molar-refractivity contribution in [1.29, 1.82) is 0 Å². The Kier molecular flexibility index (Phi) is 2.41. The van der Waals surface area contributed by atoms with Gasteiger partial charge in [-0.25, -0.2) is 0 Å². The van der Waals surface area contributed by atoms with Crippen LogP contribution in [0.5, 0.6) is 0 Å². The van der Waals surface area contributed by atoms with E-state index in [4.69, 9.17) is 9.47 Å². The Hall–Kier alpha value is 0.300. The summed E-state index contributed by atoms with van der Waals surface area (Å²) in [4.78, 5) is 0. The molecule has 1 aliphatic rings. The maximum atomic E-state index is 5.14. The SMILES string of the molecule is BrCC1(CBr)OC=CO1. The predicted molar refractivity (Wildman–Crippen MR) is 41.6 cm³/mol. The molecule has 0 atom stereocenters. The molecule has 0 aromatic rings. The Labute approximate surface area is 70.5 Å². The molecule has 0 saturated heterocycles. The van der Waals surface area contributed by atoms with Crippen LogP contribution in [0.2, 0.25) is 0 Å². The molecule has 9 heavy (non-hydrogen) atoms. The van der Waals surface area contributed by atoms with E-state index >= 15 is 0 Å². The maximum absolute atomic E-state index is 5.14. The van der Waals surface area contributed by atoms with Gasteiger partial charge in [-0.1, -0.05) is 31.9 Å². The highest BCUT2D eigenvalue weighted by atomic mass is 79.9. The molecular weight excluding hydrogens is 252 g/mol. The van der Waals surface area contributed by atoms with E-state index in [1.165, 1.54) is 0 Å². The standard InChI is InChI=1S/C5H6Br2O2/c6-3-5(4-7)8-1-2-9-5/h1-2H,3-4H2. The lowest BCUT2D eigenvalue weighted by Crippen LogP contribution is -2.33. The van der Waals surface area contributed by atoms with Crippen LogP contribution in [0.3, 0.4) is 0 Å². The average molecular weight is 258 g/mol. The lowest BCUT2D eigenvalue weighted by Gasteiger charge is -2.22. The highest BCUT2D eigenvalue weighted by Crippen LogP contribution is 2.24. The first-order valence-electron chi connectivity index (χ1n) is 2.45. The molecule has 0 radical (unpaired) electrons. The summed E-state index contributed by atoms with van der Waals surface area (Å²) in [5.74, 6) is -0.500. The zero-order valence-corrected chi connectivity index (χ0v) is 7.81. The van der Waals surface area contributed by atoms with Crippen LogP contribution in [-0.4, -0.2) is 16.4 Å². The fourth-order valence-electron chi connectivity index (χ4n) is 0.493. The van der Waals surface area contributed by atoms with E-state index in [9.17, 15) is 0 Å². The van der Waals surface area contributed by atoms with Crippen LogP contribution in [0.25, 0.3) is 0 Å². The average Bonchev–Trinajstić information content (AvgIpc) is 2.36. The number of halogens is 2. The predicted octanol–water partition coefficient (Wildman–Crippen LogP) is 1.99. The number of alkyl halides is 2. The molecule has 4 heteroatoms. The van der Waals surface area contributed by atoms with E-state index in [1.54, 1.807) is 12.5 Å². The second-order valence-corrected chi connectivity index (χ2v) is 2.81. The minimum atomic E-state index is -0.500. The summed E-state index contributed by atoms with van der Waals surface area (Å²) in [6.45, 7) is 0. The number of rotatable bonds is 2. The summed E-state index contributed by atoms with van der Waals surface area (Å²) < 4.78 is 10.3. The van der Waals surface area contributed by atoms with Gasteiger partial charge < -0.3 is 9.47 Å². The minimum Gasteiger partial charge on any atom is -0.455 e. The third-order valence-corrected chi connectivity index (χ3v) is 2.74. The Balaban J connectivity index is 2.50. The number of hydrogen-bond donors (Lipinski definition) is 0. The van der Waals surface area contributed by atoms with Crippen molar-refractivity contribution in [3.63, 3.8) is 0 Å². The first kappa shape index (κ1) is 7.41. The van der Waals surface area contributed by atoms with Crippen molar-refractivity contribution in [3.8, 4) is 0 Å². The van der Waals surface area contributed by atoms with Gasteiger partial charge in [0.1, 0.15) is 12.5 Å². The van der Waals surface area contributed by atoms with Crippen LogP contribution in [0.1, 0.15) is 0 Å². The molecule has 1 heterocycles. The number of hydrogen-bond acceptors (Lipinski definition) is 2. The van der Waals surface area contributed by atoms with Gasteiger partial charge in [0.15, 0.2) is 0 Å². The van der Waals surface area contributed by atoms with Gasteiger partial charge in [-0.2, -0.15) is 0 Å². The molecule has 0 spiro atoms. The van der Waals surface area contributed by atoms with Crippen LogP contribution in [-0.2, 0) is 9.47 Å². The van der Waals surface area contributed by atoms with Crippen molar-refractivity contribution in [2.24, 2.45) is 0 Å². The van der Waals surface area contributed by atoms with Crippen molar-refractivity contribution < 1.29 is 9.47 Å². The molecule has 0 aromatic carbocycles. The van der Waals surface area contributed by atoms with Gasteiger partial charge in [0, 0.05) is 0 Å². The lowest BCUT2D eigenvalue weighted by atomic mass is 10.4. The second kappa shape index (κ2) is 2.92. The van der Waals surface area contributed by atoms with E-state index in [2.05, 4.69) is 31.9 Å². The van der Waals surface area contributed by atoms with Crippen LogP contribution in [0.4, 0.5) is 0 Å². The fraction of sp³-hybridized carbons (Fsp3) is 0.600. The van der Waals surface area contributed by atoms with Crippen molar-refractivity contribution >= 4 is 31.9 Å². The second-order valence-electron chi connectivity index (χ2n) is 1.69. The van der Waals surface area contributed by atoms with Crippen molar-refractivity contribution in [2.45, 2.75) is 5.79 Å². The highest BCUT2D eigenvalue weighted by molar-refractivity contribution is 9.09. The van der Waals surface area contributed by atoms with Gasteiger partial charge >= 0.3 is 0 Å². The van der Waals surface area contributed by atoms with Gasteiger partial charge in [0.05, 0.1) is 10.7 Å². The zero-order chi connectivity index (χ0) is 6.74. The normalized spacial score (nSPS) is 21.1. The van der Waals surface area contributed by atoms with E-state index in [0.717, 1.165) is 0 Å². The third-order valence-electron chi connectivity index (χ3n) is 1.03. The zero-order valence-electron chi connectivity index (χ0n) is 4.64. The molecule has 0 saturated carbocycles. The van der Waals surface area contributed by atoms with Crippen LogP contribution >= 0.6 is 31.9 Å². The fourth-order valence-corrected chi connectivity index (χ4v) is 1.95. The molecule has 52 valence electrons. The summed E-state index contributed by atoms with van der Waals surface area (Å²) in [7, 11) is 0. The summed E-state index contributed by atoms with van der Waals surface area (Å²) in [5.41, 5.74) is 0. The van der Waals surface area contributed by atoms with Gasteiger partial charge in [-0.3, -0.25) is 0 Å². The van der Waals surface area contributed by atoms with E-state index < -0.39 is 5.79 Å². The monoisotopic (exact) mass is 256 g/mol. The Morgan fingerprint density at radius 1 is 1.11 bits per heavy atom. The molecule has 0 N–H and O–H groups in total. The van der Waals surface area contributed by atoms with Crippen LogP contribution < -0.4 is 0 Å². The van der Waals surface area contributed by atoms with Crippen LogP contribution in [0.15, 0.2) is 12.5 Å². The van der Waals surface area contributed by atoms with Gasteiger partial charge in [-0.05, 0) is 0 Å². The van der Waals surface area contributed by atoms with Crippen molar-refractivity contribution in [1.82, 2.24) is 0 Å². The van der Waals surface area contributed by atoms with E-state index in [0.29, 0.717) is 10.7 Å². The molecule has 1 aliphatic heterocycles. The van der Waals surface area contributed by atoms with Crippen molar-refractivity contribution in [2.75, 3.05) is 10.7 Å². The van der Waals surface area contributed by atoms with Gasteiger partial charge in [-0.15, -0.1) is 0 Å². The van der Waals surface area contributed by atoms with Crippen molar-refractivity contribution in [3.05, 3.63) is 12.5 Å². The molecule has 2 nitrogen and oxygen atoms in total. The smallest absolute Gasteiger partial charge is 0.269 e. The third kappa shape index (κ3) is 1.41. The lowest BCUT2D eigenvalue weighted by molar-refractivity contribution is -0.0975. The molecule has 1 rings (SSSR count). The molecule has 0 bridgehead atoms. The summed E-state index contributed by atoms with van der Waals surface area (Å²) >= 11 is 6.55. The highest BCUT2D eigenvalue weighted by Gasteiger charge is 2.32. The topological polar surface area (TPSA) is 18.5 Å². The molecule has 0 fully saturated rings.